The number of hydrogen-bond donors (Lipinski definition) is 1. The molecule has 0 atom stereocenters. The number of aryl methyl sites for hydroxylation is 1. The van der Waals surface area contributed by atoms with Crippen molar-refractivity contribution in [1.29, 1.82) is 0 Å². The third kappa shape index (κ3) is 2.78. The summed E-state index contributed by atoms with van der Waals surface area (Å²) in [7, 11) is -4.00. The first-order chi connectivity index (χ1) is 13.4. The van der Waals surface area contributed by atoms with Crippen LogP contribution in [-0.4, -0.2) is 12.4 Å². The Kier molecular flexibility index (Phi) is 4.28. The van der Waals surface area contributed by atoms with E-state index in [0.717, 1.165) is 5.56 Å². The van der Waals surface area contributed by atoms with Crippen molar-refractivity contribution in [2.75, 3.05) is 5.73 Å². The van der Waals surface area contributed by atoms with Crippen LogP contribution in [0.2, 0.25) is 0 Å². The SMILES string of the molecule is Cc1ccc(S(=O)(=O)n2c(-c3ccccc3)c(N)c(=O)c3ccccc32)cc1. The number of nitrogens with zero attached hydrogens (tertiary/aromatic N) is 1. The lowest BCUT2D eigenvalue weighted by Gasteiger charge is -2.19. The van der Waals surface area contributed by atoms with Crippen molar-refractivity contribution in [3.63, 3.8) is 0 Å². The molecule has 0 saturated carbocycles. The summed E-state index contributed by atoms with van der Waals surface area (Å²) in [5, 5.41) is 0.260. The Morgan fingerprint density at radius 2 is 1.43 bits per heavy atom. The molecule has 0 radical (unpaired) electrons. The number of para-hydroxylation sites is 1. The molecule has 1 heterocycles. The third-order valence-corrected chi connectivity index (χ3v) is 6.40. The topological polar surface area (TPSA) is 82.2 Å². The number of aromatic nitrogens is 1. The zero-order chi connectivity index (χ0) is 19.9. The Balaban J connectivity index is 2.20. The van der Waals surface area contributed by atoms with Gasteiger partial charge in [0, 0.05) is 10.9 Å². The first kappa shape index (κ1) is 18.0. The van der Waals surface area contributed by atoms with Gasteiger partial charge < -0.3 is 5.73 Å². The molecule has 3 aromatic carbocycles. The van der Waals surface area contributed by atoms with E-state index >= 15 is 0 Å². The highest BCUT2D eigenvalue weighted by atomic mass is 32.2. The molecular formula is C22H18N2O3S. The molecule has 0 aliphatic heterocycles. The minimum Gasteiger partial charge on any atom is -0.394 e. The number of anilines is 1. The van der Waals surface area contributed by atoms with E-state index in [2.05, 4.69) is 0 Å². The predicted octanol–water partition coefficient (Wildman–Crippen LogP) is 3.80. The van der Waals surface area contributed by atoms with E-state index in [1.807, 2.05) is 13.0 Å². The highest BCUT2D eigenvalue weighted by Gasteiger charge is 2.26. The van der Waals surface area contributed by atoms with Gasteiger partial charge in [-0.05, 0) is 31.2 Å². The molecule has 2 N–H and O–H groups in total. The van der Waals surface area contributed by atoms with E-state index in [9.17, 15) is 13.2 Å². The quantitative estimate of drug-likeness (QED) is 0.577. The van der Waals surface area contributed by atoms with Crippen LogP contribution < -0.4 is 11.2 Å². The zero-order valence-corrected chi connectivity index (χ0v) is 16.0. The monoisotopic (exact) mass is 390 g/mol. The maximum Gasteiger partial charge on any atom is 0.268 e. The lowest BCUT2D eigenvalue weighted by molar-refractivity contribution is 0.589. The van der Waals surface area contributed by atoms with Crippen molar-refractivity contribution in [3.05, 3.63) is 94.6 Å². The second kappa shape index (κ2) is 6.65. The summed E-state index contributed by atoms with van der Waals surface area (Å²) < 4.78 is 28.4. The fraction of sp³-hybridized carbons (Fsp3) is 0.0455. The van der Waals surface area contributed by atoms with Crippen molar-refractivity contribution < 1.29 is 8.42 Å². The Hall–Kier alpha value is -3.38. The molecule has 4 rings (SSSR count). The fourth-order valence-corrected chi connectivity index (χ4v) is 4.81. The van der Waals surface area contributed by atoms with E-state index in [-0.39, 0.29) is 27.1 Å². The van der Waals surface area contributed by atoms with Gasteiger partial charge in [-0.1, -0.05) is 60.2 Å². The number of nitrogens with two attached hydrogens (primary N) is 1. The average molecular weight is 390 g/mol. The molecule has 6 heteroatoms. The smallest absolute Gasteiger partial charge is 0.268 e. The van der Waals surface area contributed by atoms with Crippen LogP contribution >= 0.6 is 0 Å². The Morgan fingerprint density at radius 1 is 0.821 bits per heavy atom. The second-order valence-corrected chi connectivity index (χ2v) is 8.34. The summed E-state index contributed by atoms with van der Waals surface area (Å²) >= 11 is 0. The van der Waals surface area contributed by atoms with Gasteiger partial charge in [0.2, 0.25) is 5.43 Å². The van der Waals surface area contributed by atoms with E-state index in [4.69, 9.17) is 5.73 Å². The maximum atomic E-state index is 13.6. The highest BCUT2D eigenvalue weighted by Crippen LogP contribution is 2.31. The van der Waals surface area contributed by atoms with E-state index < -0.39 is 10.0 Å². The maximum absolute atomic E-state index is 13.6. The van der Waals surface area contributed by atoms with Crippen LogP contribution in [0.5, 0.6) is 0 Å². The van der Waals surface area contributed by atoms with Gasteiger partial charge in [0.15, 0.2) is 0 Å². The third-order valence-electron chi connectivity index (χ3n) is 4.68. The summed E-state index contributed by atoms with van der Waals surface area (Å²) in [5.74, 6) is 0. The van der Waals surface area contributed by atoms with Gasteiger partial charge >= 0.3 is 0 Å². The van der Waals surface area contributed by atoms with Crippen molar-refractivity contribution >= 4 is 26.6 Å². The molecule has 0 amide bonds. The van der Waals surface area contributed by atoms with Crippen LogP contribution in [-0.2, 0) is 10.0 Å². The van der Waals surface area contributed by atoms with Gasteiger partial charge in [0.25, 0.3) is 10.0 Å². The van der Waals surface area contributed by atoms with Gasteiger partial charge in [-0.3, -0.25) is 4.79 Å². The summed E-state index contributed by atoms with van der Waals surface area (Å²) in [6, 6.07) is 22.0. The molecule has 4 aromatic rings. The molecule has 1 aromatic heterocycles. The molecule has 28 heavy (non-hydrogen) atoms. The number of hydrogen-bond acceptors (Lipinski definition) is 4. The normalized spacial score (nSPS) is 11.6. The molecule has 0 aliphatic carbocycles. The number of pyridine rings is 1. The molecule has 0 saturated heterocycles. The van der Waals surface area contributed by atoms with Gasteiger partial charge in [-0.15, -0.1) is 0 Å². The first-order valence-corrected chi connectivity index (χ1v) is 10.2. The molecule has 5 nitrogen and oxygen atoms in total. The largest absolute Gasteiger partial charge is 0.394 e. The van der Waals surface area contributed by atoms with Gasteiger partial charge in [0.1, 0.15) is 5.69 Å². The van der Waals surface area contributed by atoms with Gasteiger partial charge in [-0.2, -0.15) is 0 Å². The van der Waals surface area contributed by atoms with Crippen molar-refractivity contribution in [1.82, 2.24) is 3.97 Å². The minimum atomic E-state index is -4.00. The molecule has 0 unspecified atom stereocenters. The van der Waals surface area contributed by atoms with Crippen molar-refractivity contribution in [2.24, 2.45) is 0 Å². The summed E-state index contributed by atoms with van der Waals surface area (Å²) in [6.45, 7) is 1.89. The molecule has 0 fully saturated rings. The van der Waals surface area contributed by atoms with Gasteiger partial charge in [-0.25, -0.2) is 12.4 Å². The number of benzene rings is 3. The van der Waals surface area contributed by atoms with Gasteiger partial charge in [0.05, 0.1) is 16.1 Å². The molecular weight excluding hydrogens is 372 g/mol. The Bertz CT molecular complexity index is 1340. The Labute approximate surface area is 162 Å². The van der Waals surface area contributed by atoms with Crippen molar-refractivity contribution in [2.45, 2.75) is 11.8 Å². The average Bonchev–Trinajstić information content (AvgIpc) is 2.71. The van der Waals surface area contributed by atoms with Crippen LogP contribution in [0.3, 0.4) is 0 Å². The molecule has 0 bridgehead atoms. The molecule has 140 valence electrons. The predicted molar refractivity (Wildman–Crippen MR) is 112 cm³/mol. The van der Waals surface area contributed by atoms with E-state index in [1.165, 1.54) is 3.97 Å². The summed E-state index contributed by atoms with van der Waals surface area (Å²) in [6.07, 6.45) is 0. The van der Waals surface area contributed by atoms with Crippen LogP contribution in [0.15, 0.2) is 88.6 Å². The fourth-order valence-electron chi connectivity index (χ4n) is 3.26. The van der Waals surface area contributed by atoms with Crippen LogP contribution in [0.1, 0.15) is 5.56 Å². The highest BCUT2D eigenvalue weighted by molar-refractivity contribution is 7.90. The number of nitrogen functional groups attached to an aromatic ring is 1. The summed E-state index contributed by atoms with van der Waals surface area (Å²) in [5.41, 5.74) is 7.67. The lowest BCUT2D eigenvalue weighted by Crippen LogP contribution is -2.23. The number of rotatable bonds is 3. The standard InChI is InChI=1S/C22H18N2O3S/c1-15-11-13-17(14-12-15)28(26,27)24-19-10-6-5-9-18(19)22(25)20(23)21(24)16-7-3-2-4-8-16/h2-14H,23H2,1H3. The first-order valence-electron chi connectivity index (χ1n) is 8.72. The summed E-state index contributed by atoms with van der Waals surface area (Å²) in [4.78, 5) is 13.0. The minimum absolute atomic E-state index is 0.0967. The van der Waals surface area contributed by atoms with E-state index in [1.54, 1.807) is 72.8 Å². The van der Waals surface area contributed by atoms with Crippen molar-refractivity contribution in [3.8, 4) is 11.3 Å². The van der Waals surface area contributed by atoms with Crippen LogP contribution in [0, 0.1) is 6.92 Å². The lowest BCUT2D eigenvalue weighted by atomic mass is 10.1. The zero-order valence-electron chi connectivity index (χ0n) is 15.2. The molecule has 0 aliphatic rings. The Morgan fingerprint density at radius 3 is 2.11 bits per heavy atom. The molecule has 0 spiro atoms. The van der Waals surface area contributed by atoms with Crippen LogP contribution in [0.25, 0.3) is 22.2 Å². The van der Waals surface area contributed by atoms with Crippen LogP contribution in [0.4, 0.5) is 5.69 Å². The number of fused-ring (bicyclic) bond motifs is 1. The van der Waals surface area contributed by atoms with E-state index in [0.29, 0.717) is 11.1 Å². The second-order valence-electron chi connectivity index (χ2n) is 6.56.